The Morgan fingerprint density at radius 2 is 2.29 bits per heavy atom. The molecule has 2 aromatic rings. The summed E-state index contributed by atoms with van der Waals surface area (Å²) in [5, 5.41) is 16.4. The molecule has 2 rings (SSSR count). The minimum absolute atomic E-state index is 0.0223. The Bertz CT molecular complexity index is 513. The minimum Gasteiger partial charge on any atom is -0.392 e. The predicted octanol–water partition coefficient (Wildman–Crippen LogP) is 2.14. The van der Waals surface area contributed by atoms with Gasteiger partial charge in [-0.15, -0.1) is 0 Å². The molecule has 0 saturated heterocycles. The maximum atomic E-state index is 9.03. The molecule has 90 valence electrons. The van der Waals surface area contributed by atoms with E-state index in [0.29, 0.717) is 23.3 Å². The fourth-order valence-electron chi connectivity index (χ4n) is 1.39. The highest BCUT2D eigenvalue weighted by Crippen LogP contribution is 2.23. The first-order chi connectivity index (χ1) is 8.19. The Hall–Kier alpha value is -1.59. The first kappa shape index (κ1) is 11.9. The summed E-state index contributed by atoms with van der Waals surface area (Å²) in [4.78, 5) is 4.07. The number of nitrogens with one attached hydrogen (secondary N) is 1. The number of aromatic nitrogens is 2. The average Bonchev–Trinajstić information content (AvgIpc) is 2.74. The number of aliphatic hydroxyl groups is 1. The molecule has 0 unspecified atom stereocenters. The van der Waals surface area contributed by atoms with Crippen molar-refractivity contribution >= 4 is 17.3 Å². The van der Waals surface area contributed by atoms with E-state index < -0.39 is 0 Å². The number of rotatable bonds is 4. The molecule has 1 aromatic carbocycles. The number of aryl methyl sites for hydroxylation is 1. The second kappa shape index (κ2) is 5.16. The summed E-state index contributed by atoms with van der Waals surface area (Å²) in [6, 6.07) is 5.28. The van der Waals surface area contributed by atoms with Gasteiger partial charge in [0.25, 0.3) is 0 Å². The zero-order valence-corrected chi connectivity index (χ0v) is 10.0. The van der Waals surface area contributed by atoms with Gasteiger partial charge in [-0.3, -0.25) is 0 Å². The topological polar surface area (TPSA) is 71.2 Å². The number of benzene rings is 1. The zero-order valence-electron chi connectivity index (χ0n) is 9.27. The summed E-state index contributed by atoms with van der Waals surface area (Å²) < 4.78 is 4.97. The second-order valence-corrected chi connectivity index (χ2v) is 3.97. The molecule has 0 atom stereocenters. The van der Waals surface area contributed by atoms with Crippen LogP contribution in [0.1, 0.15) is 17.3 Å². The van der Waals surface area contributed by atoms with Crippen LogP contribution in [0.5, 0.6) is 0 Å². The third kappa shape index (κ3) is 2.95. The molecule has 6 heteroatoms. The van der Waals surface area contributed by atoms with Gasteiger partial charge in [0.1, 0.15) is 0 Å². The summed E-state index contributed by atoms with van der Waals surface area (Å²) in [5.74, 6) is 1.09. The van der Waals surface area contributed by atoms with Gasteiger partial charge in [0.15, 0.2) is 5.82 Å². The van der Waals surface area contributed by atoms with Crippen molar-refractivity contribution in [3.05, 3.63) is 40.5 Å². The largest absolute Gasteiger partial charge is 0.392 e. The molecular weight excluding hydrogens is 242 g/mol. The van der Waals surface area contributed by atoms with Gasteiger partial charge in [-0.25, -0.2) is 0 Å². The minimum atomic E-state index is -0.0223. The lowest BCUT2D eigenvalue weighted by molar-refractivity contribution is 0.282. The third-order valence-electron chi connectivity index (χ3n) is 2.21. The summed E-state index contributed by atoms with van der Waals surface area (Å²) in [7, 11) is 0. The normalized spacial score (nSPS) is 10.5. The fourth-order valence-corrected chi connectivity index (χ4v) is 1.57. The Kier molecular flexibility index (Phi) is 3.61. The lowest BCUT2D eigenvalue weighted by Gasteiger charge is -2.07. The van der Waals surface area contributed by atoms with Crippen molar-refractivity contribution in [3.8, 4) is 0 Å². The number of nitrogens with zero attached hydrogens (tertiary/aromatic N) is 2. The number of hydrogen-bond donors (Lipinski definition) is 2. The van der Waals surface area contributed by atoms with E-state index in [2.05, 4.69) is 15.5 Å². The van der Waals surface area contributed by atoms with Crippen molar-refractivity contribution < 1.29 is 9.63 Å². The molecule has 2 N–H and O–H groups in total. The second-order valence-electron chi connectivity index (χ2n) is 3.56. The van der Waals surface area contributed by atoms with Crippen LogP contribution in [0.15, 0.2) is 22.7 Å². The monoisotopic (exact) mass is 253 g/mol. The highest BCUT2D eigenvalue weighted by molar-refractivity contribution is 6.33. The number of aliphatic hydroxyl groups excluding tert-OH is 1. The van der Waals surface area contributed by atoms with Gasteiger partial charge in [0, 0.05) is 0 Å². The molecule has 1 aromatic heterocycles. The Balaban J connectivity index is 2.07. The molecule has 1 heterocycles. The molecule has 5 nitrogen and oxygen atoms in total. The number of anilines is 1. The summed E-state index contributed by atoms with van der Waals surface area (Å²) >= 11 is 6.01. The van der Waals surface area contributed by atoms with Gasteiger partial charge >= 0.3 is 0 Å². The van der Waals surface area contributed by atoms with Crippen LogP contribution >= 0.6 is 11.6 Å². The van der Waals surface area contributed by atoms with E-state index >= 15 is 0 Å². The average molecular weight is 254 g/mol. The standard InChI is InChI=1S/C11H12ClN3O2/c1-7-14-11(17-15-7)5-13-10-4-8(6-16)2-3-9(10)12/h2-4,13,16H,5-6H2,1H3. The molecule has 17 heavy (non-hydrogen) atoms. The van der Waals surface area contributed by atoms with Crippen molar-refractivity contribution in [1.82, 2.24) is 10.1 Å². The van der Waals surface area contributed by atoms with Crippen molar-refractivity contribution in [2.24, 2.45) is 0 Å². The molecular formula is C11H12ClN3O2. The summed E-state index contributed by atoms with van der Waals surface area (Å²) in [6.45, 7) is 2.13. The van der Waals surface area contributed by atoms with Crippen molar-refractivity contribution in [2.45, 2.75) is 20.1 Å². The van der Waals surface area contributed by atoms with Crippen LogP contribution in [-0.4, -0.2) is 15.2 Å². The summed E-state index contributed by atoms with van der Waals surface area (Å²) in [6.07, 6.45) is 0. The summed E-state index contributed by atoms with van der Waals surface area (Å²) in [5.41, 5.74) is 1.52. The quantitative estimate of drug-likeness (QED) is 0.874. The number of halogens is 1. The van der Waals surface area contributed by atoms with E-state index in [1.165, 1.54) is 0 Å². The maximum absolute atomic E-state index is 9.03. The van der Waals surface area contributed by atoms with E-state index in [1.54, 1.807) is 25.1 Å². The van der Waals surface area contributed by atoms with E-state index in [-0.39, 0.29) is 6.61 Å². The lowest BCUT2D eigenvalue weighted by atomic mass is 10.2. The van der Waals surface area contributed by atoms with Crippen molar-refractivity contribution in [3.63, 3.8) is 0 Å². The number of hydrogen-bond acceptors (Lipinski definition) is 5. The highest BCUT2D eigenvalue weighted by Gasteiger charge is 2.05. The van der Waals surface area contributed by atoms with Gasteiger partial charge < -0.3 is 14.9 Å². The maximum Gasteiger partial charge on any atom is 0.245 e. The smallest absolute Gasteiger partial charge is 0.245 e. The SMILES string of the molecule is Cc1noc(CNc2cc(CO)ccc2Cl)n1. The van der Waals surface area contributed by atoms with E-state index in [1.807, 2.05) is 0 Å². The molecule has 0 aliphatic carbocycles. The van der Waals surface area contributed by atoms with E-state index in [0.717, 1.165) is 11.3 Å². The molecule has 0 radical (unpaired) electrons. The molecule has 0 aliphatic heterocycles. The van der Waals surface area contributed by atoms with Crippen LogP contribution < -0.4 is 5.32 Å². The molecule has 0 amide bonds. The van der Waals surface area contributed by atoms with Gasteiger partial charge in [-0.05, 0) is 24.6 Å². The third-order valence-corrected chi connectivity index (χ3v) is 2.54. The first-order valence-electron chi connectivity index (χ1n) is 5.11. The van der Waals surface area contributed by atoms with E-state index in [9.17, 15) is 0 Å². The molecule has 0 bridgehead atoms. The van der Waals surface area contributed by atoms with Gasteiger partial charge in [-0.2, -0.15) is 4.98 Å². The van der Waals surface area contributed by atoms with E-state index in [4.69, 9.17) is 21.2 Å². The Morgan fingerprint density at radius 1 is 1.47 bits per heavy atom. The molecule has 0 aliphatic rings. The van der Waals surface area contributed by atoms with Crippen LogP contribution in [0.2, 0.25) is 5.02 Å². The predicted molar refractivity (Wildman–Crippen MR) is 63.7 cm³/mol. The fraction of sp³-hybridized carbons (Fsp3) is 0.273. The zero-order chi connectivity index (χ0) is 12.3. The lowest BCUT2D eigenvalue weighted by Crippen LogP contribution is -2.01. The first-order valence-corrected chi connectivity index (χ1v) is 5.49. The van der Waals surface area contributed by atoms with Gasteiger partial charge in [0.2, 0.25) is 5.89 Å². The van der Waals surface area contributed by atoms with Gasteiger partial charge in [-0.1, -0.05) is 22.8 Å². The van der Waals surface area contributed by atoms with Gasteiger partial charge in [0.05, 0.1) is 23.9 Å². The van der Waals surface area contributed by atoms with Crippen molar-refractivity contribution in [2.75, 3.05) is 5.32 Å². The highest BCUT2D eigenvalue weighted by atomic mass is 35.5. The van der Waals surface area contributed by atoms with Crippen LogP contribution in [0, 0.1) is 6.92 Å². The Labute approximate surface area is 103 Å². The van der Waals surface area contributed by atoms with Crippen LogP contribution in [0.3, 0.4) is 0 Å². The van der Waals surface area contributed by atoms with Crippen LogP contribution in [-0.2, 0) is 13.2 Å². The Morgan fingerprint density at radius 3 is 2.94 bits per heavy atom. The molecule has 0 saturated carbocycles. The van der Waals surface area contributed by atoms with Crippen LogP contribution in [0.25, 0.3) is 0 Å². The molecule has 0 fully saturated rings. The van der Waals surface area contributed by atoms with Crippen molar-refractivity contribution in [1.29, 1.82) is 0 Å². The van der Waals surface area contributed by atoms with Crippen LogP contribution in [0.4, 0.5) is 5.69 Å². The molecule has 0 spiro atoms.